The van der Waals surface area contributed by atoms with Crippen LogP contribution in [0.3, 0.4) is 0 Å². The Hall–Kier alpha value is -1.16. The minimum atomic E-state index is -0.778. The normalized spacial score (nSPS) is 17.0. The van der Waals surface area contributed by atoms with E-state index >= 15 is 0 Å². The van der Waals surface area contributed by atoms with Gasteiger partial charge in [0.1, 0.15) is 0 Å². The number of hydrogen-bond donors (Lipinski definition) is 2. The molecule has 3 nitrogen and oxygen atoms in total. The van der Waals surface area contributed by atoms with Gasteiger partial charge in [0.25, 0.3) is 0 Å². The Morgan fingerprint density at radius 1 is 1.33 bits per heavy atom. The Morgan fingerprint density at radius 3 is 2.62 bits per heavy atom. The molecule has 0 amide bonds. The van der Waals surface area contributed by atoms with Crippen molar-refractivity contribution in [1.29, 1.82) is 0 Å². The largest absolute Gasteiger partial charge is 0.390 e. The molecule has 0 aliphatic carbocycles. The molecule has 0 heterocycles. The maximum absolute atomic E-state index is 10.3. The fourth-order valence-corrected chi connectivity index (χ4v) is 2.44. The third-order valence-electron chi connectivity index (χ3n) is 3.55. The third kappa shape index (κ3) is 8.00. The number of benzene rings is 1. The van der Waals surface area contributed by atoms with Gasteiger partial charge in [-0.1, -0.05) is 43.3 Å². The van der Waals surface area contributed by atoms with Gasteiger partial charge in [-0.25, -0.2) is 0 Å². The summed E-state index contributed by atoms with van der Waals surface area (Å²) < 4.78 is 5.70. The van der Waals surface area contributed by atoms with E-state index in [4.69, 9.17) is 4.74 Å². The summed E-state index contributed by atoms with van der Waals surface area (Å²) in [5, 5.41) is 19.8. The summed E-state index contributed by atoms with van der Waals surface area (Å²) in [6.45, 7) is 8.65. The molecule has 2 N–H and O–H groups in total. The van der Waals surface area contributed by atoms with E-state index < -0.39 is 11.7 Å². The Labute approximate surface area is 128 Å². The molecule has 1 aromatic rings. The van der Waals surface area contributed by atoms with E-state index in [1.54, 1.807) is 0 Å². The molecule has 0 spiro atoms. The lowest BCUT2D eigenvalue weighted by atomic mass is 9.88. The van der Waals surface area contributed by atoms with Gasteiger partial charge in [0.15, 0.2) is 0 Å². The second kappa shape index (κ2) is 8.98. The third-order valence-corrected chi connectivity index (χ3v) is 3.55. The van der Waals surface area contributed by atoms with Gasteiger partial charge < -0.3 is 14.9 Å². The van der Waals surface area contributed by atoms with E-state index in [9.17, 15) is 10.2 Å². The predicted octanol–water partition coefficient (Wildman–Crippen LogP) is 3.31. The molecule has 118 valence electrons. The van der Waals surface area contributed by atoms with Gasteiger partial charge in [-0.15, -0.1) is 6.58 Å². The first-order chi connectivity index (χ1) is 9.93. The molecule has 0 aliphatic rings. The minimum absolute atomic E-state index is 0.268. The lowest BCUT2D eigenvalue weighted by Crippen LogP contribution is -2.29. The molecular weight excluding hydrogens is 264 g/mol. The molecule has 1 aromatic carbocycles. The van der Waals surface area contributed by atoms with Crippen molar-refractivity contribution in [1.82, 2.24) is 0 Å². The fraction of sp³-hybridized carbons (Fsp3) is 0.556. The average molecular weight is 292 g/mol. The lowest BCUT2D eigenvalue weighted by molar-refractivity contribution is -0.00216. The summed E-state index contributed by atoms with van der Waals surface area (Å²) in [4.78, 5) is 0. The quantitative estimate of drug-likeness (QED) is 0.650. The molecule has 0 radical (unpaired) electrons. The average Bonchev–Trinajstić information content (AvgIpc) is 2.45. The molecule has 1 unspecified atom stereocenters. The number of aliphatic hydroxyl groups excluding tert-OH is 1. The molecule has 0 bridgehead atoms. The Balaban J connectivity index is 2.25. The van der Waals surface area contributed by atoms with Crippen LogP contribution in [0.25, 0.3) is 0 Å². The minimum Gasteiger partial charge on any atom is -0.390 e. The maximum atomic E-state index is 10.3. The van der Waals surface area contributed by atoms with E-state index in [0.717, 1.165) is 5.56 Å². The highest BCUT2D eigenvalue weighted by atomic mass is 16.5. The van der Waals surface area contributed by atoms with E-state index in [-0.39, 0.29) is 5.92 Å². The smallest absolute Gasteiger partial charge is 0.0719 e. The highest BCUT2D eigenvalue weighted by Gasteiger charge is 2.24. The van der Waals surface area contributed by atoms with Crippen LogP contribution in [0.1, 0.15) is 38.7 Å². The highest BCUT2D eigenvalue weighted by molar-refractivity contribution is 5.13. The topological polar surface area (TPSA) is 49.7 Å². The van der Waals surface area contributed by atoms with Crippen molar-refractivity contribution in [2.75, 3.05) is 6.61 Å². The SMILES string of the molecule is C=CC(O)CC[C@@](C)(O)C[C@@H](C)COCc1ccccc1. The van der Waals surface area contributed by atoms with E-state index in [0.29, 0.717) is 32.5 Å². The monoisotopic (exact) mass is 292 g/mol. The Kier molecular flexibility index (Phi) is 7.65. The van der Waals surface area contributed by atoms with Crippen LogP contribution in [0.2, 0.25) is 0 Å². The number of rotatable bonds is 10. The van der Waals surface area contributed by atoms with Crippen molar-refractivity contribution in [2.24, 2.45) is 5.92 Å². The van der Waals surface area contributed by atoms with Gasteiger partial charge in [0.2, 0.25) is 0 Å². The summed E-state index contributed by atoms with van der Waals surface area (Å²) >= 11 is 0. The molecule has 0 aliphatic heterocycles. The summed E-state index contributed by atoms with van der Waals surface area (Å²) in [7, 11) is 0. The van der Waals surface area contributed by atoms with E-state index in [2.05, 4.69) is 13.5 Å². The van der Waals surface area contributed by atoms with Crippen LogP contribution in [0.5, 0.6) is 0 Å². The van der Waals surface area contributed by atoms with Crippen LogP contribution in [0, 0.1) is 5.92 Å². The number of aliphatic hydroxyl groups is 2. The standard InChI is InChI=1S/C18H28O3/c1-4-17(19)10-11-18(3,20)12-15(2)13-21-14-16-8-6-5-7-9-16/h4-9,15,17,19-20H,1,10-14H2,2-3H3/t15-,17?,18-/m1/s1. The summed E-state index contributed by atoms with van der Waals surface area (Å²) in [6, 6.07) is 10.1. The Morgan fingerprint density at radius 2 is 2.00 bits per heavy atom. The lowest BCUT2D eigenvalue weighted by Gasteiger charge is -2.27. The van der Waals surface area contributed by atoms with Crippen LogP contribution < -0.4 is 0 Å². The van der Waals surface area contributed by atoms with Crippen LogP contribution in [-0.4, -0.2) is 28.5 Å². The van der Waals surface area contributed by atoms with Crippen LogP contribution >= 0.6 is 0 Å². The first-order valence-electron chi connectivity index (χ1n) is 7.57. The fourth-order valence-electron chi connectivity index (χ4n) is 2.44. The molecule has 1 rings (SSSR count). The Bertz CT molecular complexity index is 400. The predicted molar refractivity (Wildman–Crippen MR) is 85.9 cm³/mol. The molecule has 3 heteroatoms. The van der Waals surface area contributed by atoms with E-state index in [1.165, 1.54) is 6.08 Å². The molecule has 21 heavy (non-hydrogen) atoms. The number of ether oxygens (including phenoxy) is 1. The zero-order valence-electron chi connectivity index (χ0n) is 13.2. The van der Waals surface area contributed by atoms with Crippen molar-refractivity contribution in [3.63, 3.8) is 0 Å². The first kappa shape index (κ1) is 17.9. The zero-order valence-corrected chi connectivity index (χ0v) is 13.2. The van der Waals surface area contributed by atoms with E-state index in [1.807, 2.05) is 37.3 Å². The van der Waals surface area contributed by atoms with Crippen molar-refractivity contribution in [3.05, 3.63) is 48.6 Å². The van der Waals surface area contributed by atoms with Gasteiger partial charge in [-0.2, -0.15) is 0 Å². The molecule has 0 fully saturated rings. The zero-order chi connectivity index (χ0) is 15.7. The van der Waals surface area contributed by atoms with Crippen LogP contribution in [-0.2, 0) is 11.3 Å². The summed E-state index contributed by atoms with van der Waals surface area (Å²) in [6.07, 6.45) is 2.71. The molecular formula is C18H28O3. The van der Waals surface area contributed by atoms with Crippen molar-refractivity contribution < 1.29 is 14.9 Å². The van der Waals surface area contributed by atoms with Gasteiger partial charge in [0, 0.05) is 6.61 Å². The van der Waals surface area contributed by atoms with Crippen LogP contribution in [0.4, 0.5) is 0 Å². The maximum Gasteiger partial charge on any atom is 0.0719 e. The molecule has 0 saturated carbocycles. The number of hydrogen-bond acceptors (Lipinski definition) is 3. The van der Waals surface area contributed by atoms with Gasteiger partial charge >= 0.3 is 0 Å². The van der Waals surface area contributed by atoms with Crippen molar-refractivity contribution in [2.45, 2.75) is 51.4 Å². The second-order valence-electron chi connectivity index (χ2n) is 6.15. The van der Waals surface area contributed by atoms with Crippen molar-refractivity contribution in [3.8, 4) is 0 Å². The highest BCUT2D eigenvalue weighted by Crippen LogP contribution is 2.23. The summed E-state index contributed by atoms with van der Waals surface area (Å²) in [5.74, 6) is 0.268. The second-order valence-corrected chi connectivity index (χ2v) is 6.15. The molecule has 0 saturated heterocycles. The molecule has 0 aromatic heterocycles. The molecule has 3 atom stereocenters. The van der Waals surface area contributed by atoms with Gasteiger partial charge in [-0.3, -0.25) is 0 Å². The van der Waals surface area contributed by atoms with Gasteiger partial charge in [-0.05, 0) is 37.7 Å². The van der Waals surface area contributed by atoms with Gasteiger partial charge in [0.05, 0.1) is 18.3 Å². The first-order valence-corrected chi connectivity index (χ1v) is 7.57. The summed E-state index contributed by atoms with van der Waals surface area (Å²) in [5.41, 5.74) is 0.380. The van der Waals surface area contributed by atoms with Crippen molar-refractivity contribution >= 4 is 0 Å². The van der Waals surface area contributed by atoms with Crippen LogP contribution in [0.15, 0.2) is 43.0 Å².